The van der Waals surface area contributed by atoms with Crippen molar-refractivity contribution < 1.29 is 26.9 Å². The lowest BCUT2D eigenvalue weighted by atomic mass is 10.3. The molecule has 15 heavy (non-hydrogen) atoms. The minimum atomic E-state index is -3.57. The smallest absolute Gasteiger partial charge is 0.430 e. The first-order valence-electron chi connectivity index (χ1n) is 4.17. The van der Waals surface area contributed by atoms with Crippen LogP contribution in [0.25, 0.3) is 0 Å². The third kappa shape index (κ3) is 4.18. The van der Waals surface area contributed by atoms with Crippen LogP contribution < -0.4 is 0 Å². The van der Waals surface area contributed by atoms with Crippen molar-refractivity contribution in [3.05, 3.63) is 0 Å². The monoisotopic (exact) mass is 234 g/mol. The Hall–Kier alpha value is -1.26. The van der Waals surface area contributed by atoms with Crippen molar-refractivity contribution in [2.24, 2.45) is 0 Å². The van der Waals surface area contributed by atoms with Crippen LogP contribution in [-0.2, 0) is 23.8 Å². The number of hydrogen-bond donors (Lipinski definition) is 0. The zero-order chi connectivity index (χ0) is 11.3. The number of ether oxygens (including phenoxy) is 2. The Balaban J connectivity index is 2.39. The largest absolute Gasteiger partial charge is 0.509 e. The molecule has 1 aliphatic heterocycles. The predicted molar refractivity (Wildman–Crippen MR) is 49.4 cm³/mol. The van der Waals surface area contributed by atoms with Gasteiger partial charge in [0.2, 0.25) is 0 Å². The minimum absolute atomic E-state index is 0.00934. The lowest BCUT2D eigenvalue weighted by molar-refractivity contribution is 0.0258. The third-order valence-corrected chi connectivity index (χ3v) is 2.93. The SMILES string of the molecule is C#CCOC(=O)OC1CCOS(=O)(=O)C1. The molecule has 1 heterocycles. The molecular formula is C8H10O6S. The molecule has 1 aliphatic rings. The van der Waals surface area contributed by atoms with E-state index in [0.717, 1.165) is 0 Å². The Morgan fingerprint density at radius 1 is 1.60 bits per heavy atom. The molecule has 0 amide bonds. The van der Waals surface area contributed by atoms with Gasteiger partial charge in [0.1, 0.15) is 11.9 Å². The number of hydrogen-bond acceptors (Lipinski definition) is 6. The number of terminal acetylenes is 1. The highest BCUT2D eigenvalue weighted by Gasteiger charge is 2.28. The molecule has 1 fully saturated rings. The van der Waals surface area contributed by atoms with E-state index < -0.39 is 22.4 Å². The molecule has 0 spiro atoms. The van der Waals surface area contributed by atoms with Crippen LogP contribution in [-0.4, -0.2) is 39.6 Å². The van der Waals surface area contributed by atoms with Crippen LogP contribution in [0.2, 0.25) is 0 Å². The molecule has 1 saturated heterocycles. The summed E-state index contributed by atoms with van der Waals surface area (Å²) in [5.74, 6) is 1.74. The Bertz CT molecular complexity index is 365. The molecule has 0 radical (unpaired) electrons. The van der Waals surface area contributed by atoms with Crippen LogP contribution in [0.4, 0.5) is 4.79 Å². The van der Waals surface area contributed by atoms with Gasteiger partial charge < -0.3 is 9.47 Å². The summed E-state index contributed by atoms with van der Waals surface area (Å²) in [4.78, 5) is 10.9. The summed E-state index contributed by atoms with van der Waals surface area (Å²) in [6.45, 7) is -0.190. The van der Waals surface area contributed by atoms with Crippen LogP contribution in [0.15, 0.2) is 0 Å². The van der Waals surface area contributed by atoms with Crippen molar-refractivity contribution in [1.29, 1.82) is 0 Å². The molecule has 1 rings (SSSR count). The molecule has 0 aliphatic carbocycles. The van der Waals surface area contributed by atoms with Gasteiger partial charge in [-0.05, 0) is 0 Å². The number of carbonyl (C=O) groups excluding carboxylic acids is 1. The summed E-state index contributed by atoms with van der Waals surface area (Å²) in [6, 6.07) is 0. The molecule has 6 nitrogen and oxygen atoms in total. The van der Waals surface area contributed by atoms with E-state index in [1.165, 1.54) is 0 Å². The van der Waals surface area contributed by atoms with Gasteiger partial charge in [-0.15, -0.1) is 6.42 Å². The van der Waals surface area contributed by atoms with Crippen LogP contribution in [0.1, 0.15) is 6.42 Å². The van der Waals surface area contributed by atoms with Crippen molar-refractivity contribution in [3.8, 4) is 12.3 Å². The molecule has 0 bridgehead atoms. The van der Waals surface area contributed by atoms with Crippen LogP contribution in [0, 0.1) is 12.3 Å². The predicted octanol–water partition coefficient (Wildman–Crippen LogP) is -0.108. The first-order valence-corrected chi connectivity index (χ1v) is 5.75. The topological polar surface area (TPSA) is 78.9 Å². The van der Waals surface area contributed by atoms with Crippen molar-refractivity contribution in [3.63, 3.8) is 0 Å². The standard InChI is InChI=1S/C8H10O6S/c1-2-4-12-8(9)14-7-3-5-13-15(10,11)6-7/h1,7H,3-6H2. The fraction of sp³-hybridized carbons (Fsp3) is 0.625. The Morgan fingerprint density at radius 3 is 2.93 bits per heavy atom. The van der Waals surface area contributed by atoms with Gasteiger partial charge in [0.25, 0.3) is 10.1 Å². The molecule has 0 aromatic rings. The average Bonchev–Trinajstić information content (AvgIpc) is 2.13. The van der Waals surface area contributed by atoms with E-state index in [-0.39, 0.29) is 19.0 Å². The van der Waals surface area contributed by atoms with E-state index in [4.69, 9.17) is 11.2 Å². The van der Waals surface area contributed by atoms with Gasteiger partial charge in [0, 0.05) is 6.42 Å². The average molecular weight is 234 g/mol. The quantitative estimate of drug-likeness (QED) is 0.377. The van der Waals surface area contributed by atoms with E-state index in [1.807, 2.05) is 0 Å². The molecule has 0 aromatic heterocycles. The van der Waals surface area contributed by atoms with Crippen molar-refractivity contribution in [1.82, 2.24) is 0 Å². The zero-order valence-corrected chi connectivity index (χ0v) is 8.66. The summed E-state index contributed by atoms with van der Waals surface area (Å²) < 4.78 is 35.5. The van der Waals surface area contributed by atoms with E-state index in [0.29, 0.717) is 6.42 Å². The molecule has 7 heteroatoms. The molecule has 1 atom stereocenters. The normalized spacial score (nSPS) is 23.8. The Morgan fingerprint density at radius 2 is 2.33 bits per heavy atom. The maximum atomic E-state index is 11.0. The van der Waals surface area contributed by atoms with Gasteiger partial charge in [-0.2, -0.15) is 8.42 Å². The zero-order valence-electron chi connectivity index (χ0n) is 7.84. The Kier molecular flexibility index (Phi) is 3.94. The van der Waals surface area contributed by atoms with Crippen LogP contribution in [0.3, 0.4) is 0 Å². The minimum Gasteiger partial charge on any atom is -0.430 e. The Labute approximate surface area is 87.6 Å². The van der Waals surface area contributed by atoms with Crippen molar-refractivity contribution >= 4 is 16.3 Å². The highest BCUT2D eigenvalue weighted by atomic mass is 32.2. The van der Waals surface area contributed by atoms with Gasteiger partial charge in [-0.3, -0.25) is 4.18 Å². The second-order valence-electron chi connectivity index (χ2n) is 2.82. The second-order valence-corrected chi connectivity index (χ2v) is 4.50. The summed E-state index contributed by atoms with van der Waals surface area (Å²) >= 11 is 0. The van der Waals surface area contributed by atoms with Gasteiger partial charge in [-0.25, -0.2) is 4.79 Å². The first-order chi connectivity index (χ1) is 7.03. The maximum absolute atomic E-state index is 11.0. The summed E-state index contributed by atoms with van der Waals surface area (Å²) in [5, 5.41) is 0. The first kappa shape index (κ1) is 11.8. The van der Waals surface area contributed by atoms with E-state index in [9.17, 15) is 13.2 Å². The molecule has 84 valence electrons. The van der Waals surface area contributed by atoms with Crippen LogP contribution >= 0.6 is 0 Å². The lowest BCUT2D eigenvalue weighted by Crippen LogP contribution is -2.34. The highest BCUT2D eigenvalue weighted by molar-refractivity contribution is 7.86. The third-order valence-electron chi connectivity index (χ3n) is 1.63. The van der Waals surface area contributed by atoms with Crippen LogP contribution in [0.5, 0.6) is 0 Å². The van der Waals surface area contributed by atoms with Gasteiger partial charge >= 0.3 is 6.16 Å². The molecule has 0 N–H and O–H groups in total. The van der Waals surface area contributed by atoms with Gasteiger partial charge in [0.15, 0.2) is 6.61 Å². The second kappa shape index (κ2) is 5.00. The number of carbonyl (C=O) groups is 1. The summed E-state index contributed by atoms with van der Waals surface area (Å²) in [5.41, 5.74) is 0. The molecular weight excluding hydrogens is 224 g/mol. The molecule has 0 aromatic carbocycles. The van der Waals surface area contributed by atoms with E-state index in [2.05, 4.69) is 14.8 Å². The van der Waals surface area contributed by atoms with E-state index >= 15 is 0 Å². The van der Waals surface area contributed by atoms with Gasteiger partial charge in [-0.1, -0.05) is 5.92 Å². The lowest BCUT2D eigenvalue weighted by Gasteiger charge is -2.21. The van der Waals surface area contributed by atoms with E-state index in [1.54, 1.807) is 0 Å². The molecule has 0 saturated carbocycles. The summed E-state index contributed by atoms with van der Waals surface area (Å²) in [6.07, 6.45) is 3.49. The highest BCUT2D eigenvalue weighted by Crippen LogP contribution is 2.13. The van der Waals surface area contributed by atoms with Gasteiger partial charge in [0.05, 0.1) is 6.61 Å². The molecule has 1 unspecified atom stereocenters. The van der Waals surface area contributed by atoms with Crippen molar-refractivity contribution in [2.45, 2.75) is 12.5 Å². The fourth-order valence-corrected chi connectivity index (χ4v) is 2.17. The maximum Gasteiger partial charge on any atom is 0.509 e. The summed E-state index contributed by atoms with van der Waals surface area (Å²) in [7, 11) is -3.57. The number of rotatable bonds is 2. The fourth-order valence-electron chi connectivity index (χ4n) is 1.03. The van der Waals surface area contributed by atoms with Crippen molar-refractivity contribution in [2.75, 3.05) is 19.0 Å².